The van der Waals surface area contributed by atoms with Gasteiger partial charge in [-0.25, -0.2) is 4.39 Å². The van der Waals surface area contributed by atoms with Crippen molar-refractivity contribution in [3.05, 3.63) is 132 Å². The molecule has 0 aliphatic carbocycles. The average molecular weight is 484 g/mol. The molecule has 6 nitrogen and oxygen atoms in total. The molecule has 182 valence electrons. The molecule has 3 aromatic carbocycles. The smallest absolute Gasteiger partial charge is 0.261 e. The summed E-state index contributed by atoms with van der Waals surface area (Å²) < 4.78 is 19.2. The number of carbonyl (C=O) groups is 2. The molecule has 36 heavy (non-hydrogen) atoms. The summed E-state index contributed by atoms with van der Waals surface area (Å²) >= 11 is 0. The molecule has 0 spiro atoms. The van der Waals surface area contributed by atoms with Crippen LogP contribution in [0.15, 0.2) is 109 Å². The minimum Gasteiger partial charge on any atom is -0.484 e. The summed E-state index contributed by atoms with van der Waals surface area (Å²) in [6.07, 6.45) is 3.31. The van der Waals surface area contributed by atoms with Gasteiger partial charge >= 0.3 is 0 Å². The molecule has 1 heterocycles. The monoisotopic (exact) mass is 483 g/mol. The highest BCUT2D eigenvalue weighted by Gasteiger charge is 2.31. The largest absolute Gasteiger partial charge is 0.484 e. The van der Waals surface area contributed by atoms with E-state index < -0.39 is 6.04 Å². The Labute approximate surface area is 209 Å². The fourth-order valence-electron chi connectivity index (χ4n) is 3.75. The molecular weight excluding hydrogens is 457 g/mol. The first-order valence-electron chi connectivity index (χ1n) is 11.5. The maximum Gasteiger partial charge on any atom is 0.261 e. The van der Waals surface area contributed by atoms with Gasteiger partial charge in [-0.3, -0.25) is 14.6 Å². The van der Waals surface area contributed by atoms with E-state index >= 15 is 0 Å². The molecule has 0 fully saturated rings. The first-order chi connectivity index (χ1) is 17.6. The van der Waals surface area contributed by atoms with Crippen molar-refractivity contribution in [2.75, 3.05) is 6.61 Å². The fourth-order valence-corrected chi connectivity index (χ4v) is 3.75. The molecule has 4 aromatic rings. The first kappa shape index (κ1) is 24.6. The zero-order valence-corrected chi connectivity index (χ0v) is 19.6. The number of aromatic nitrogens is 1. The third kappa shape index (κ3) is 6.76. The maximum atomic E-state index is 13.6. The van der Waals surface area contributed by atoms with Crippen LogP contribution >= 0.6 is 0 Å². The Bertz CT molecular complexity index is 1250. The molecule has 1 aromatic heterocycles. The average Bonchev–Trinajstić information content (AvgIpc) is 2.93. The summed E-state index contributed by atoms with van der Waals surface area (Å²) in [4.78, 5) is 32.5. The van der Waals surface area contributed by atoms with Crippen LogP contribution in [0.1, 0.15) is 22.7 Å². The van der Waals surface area contributed by atoms with Crippen molar-refractivity contribution < 1.29 is 18.7 Å². The van der Waals surface area contributed by atoms with E-state index in [1.807, 2.05) is 48.5 Å². The van der Waals surface area contributed by atoms with Crippen molar-refractivity contribution >= 4 is 11.8 Å². The predicted octanol–water partition coefficient (Wildman–Crippen LogP) is 4.69. The third-order valence-corrected chi connectivity index (χ3v) is 5.58. The van der Waals surface area contributed by atoms with Crippen molar-refractivity contribution in [3.63, 3.8) is 0 Å². The number of para-hydroxylation sites is 1. The Kier molecular flexibility index (Phi) is 8.38. The summed E-state index contributed by atoms with van der Waals surface area (Å²) in [5.41, 5.74) is 2.22. The van der Waals surface area contributed by atoms with Gasteiger partial charge in [0.2, 0.25) is 5.91 Å². The summed E-state index contributed by atoms with van der Waals surface area (Å²) in [6, 6.07) is 26.7. The van der Waals surface area contributed by atoms with Crippen LogP contribution in [0.25, 0.3) is 0 Å². The van der Waals surface area contributed by atoms with Crippen LogP contribution in [0.3, 0.4) is 0 Å². The van der Waals surface area contributed by atoms with Crippen LogP contribution in [0, 0.1) is 5.82 Å². The summed E-state index contributed by atoms with van der Waals surface area (Å²) in [7, 11) is 0. The molecule has 1 unspecified atom stereocenters. The molecule has 0 saturated heterocycles. The molecule has 7 heteroatoms. The number of hydrogen-bond donors (Lipinski definition) is 1. The summed E-state index contributed by atoms with van der Waals surface area (Å²) in [6.45, 7) is 0.120. The van der Waals surface area contributed by atoms with Gasteiger partial charge in [0.1, 0.15) is 17.6 Å². The van der Waals surface area contributed by atoms with E-state index in [4.69, 9.17) is 4.74 Å². The van der Waals surface area contributed by atoms with Gasteiger partial charge in [0.15, 0.2) is 6.61 Å². The highest BCUT2D eigenvalue weighted by molar-refractivity contribution is 5.89. The van der Waals surface area contributed by atoms with Crippen molar-refractivity contribution in [1.29, 1.82) is 0 Å². The van der Waals surface area contributed by atoms with Gasteiger partial charge in [-0.2, -0.15) is 0 Å². The van der Waals surface area contributed by atoms with Crippen molar-refractivity contribution in [2.45, 2.75) is 19.1 Å². The zero-order valence-electron chi connectivity index (χ0n) is 19.6. The molecule has 1 N–H and O–H groups in total. The van der Waals surface area contributed by atoms with E-state index in [0.29, 0.717) is 16.9 Å². The number of amides is 2. The van der Waals surface area contributed by atoms with Crippen molar-refractivity contribution in [1.82, 2.24) is 15.2 Å². The highest BCUT2D eigenvalue weighted by atomic mass is 19.1. The van der Waals surface area contributed by atoms with Crippen LogP contribution in [0.5, 0.6) is 5.75 Å². The Balaban J connectivity index is 1.62. The molecule has 1 atom stereocenters. The summed E-state index contributed by atoms with van der Waals surface area (Å²) in [5.74, 6) is -0.547. The lowest BCUT2D eigenvalue weighted by Crippen LogP contribution is -2.45. The second-order valence-electron chi connectivity index (χ2n) is 8.14. The number of nitrogens with one attached hydrogen (secondary N) is 1. The van der Waals surface area contributed by atoms with Crippen molar-refractivity contribution in [2.24, 2.45) is 0 Å². The van der Waals surface area contributed by atoms with Gasteiger partial charge in [0.05, 0.1) is 0 Å². The Morgan fingerprint density at radius 2 is 1.47 bits per heavy atom. The number of rotatable bonds is 10. The van der Waals surface area contributed by atoms with Crippen LogP contribution < -0.4 is 10.1 Å². The third-order valence-electron chi connectivity index (χ3n) is 5.58. The lowest BCUT2D eigenvalue weighted by molar-refractivity contribution is -0.143. The predicted molar refractivity (Wildman–Crippen MR) is 134 cm³/mol. The number of halogens is 1. The van der Waals surface area contributed by atoms with Crippen molar-refractivity contribution in [3.8, 4) is 5.75 Å². The molecule has 0 aliphatic rings. The molecule has 0 saturated carbocycles. The zero-order chi connectivity index (χ0) is 25.2. The second-order valence-corrected chi connectivity index (χ2v) is 8.14. The van der Waals surface area contributed by atoms with Crippen LogP contribution in [0.4, 0.5) is 4.39 Å². The molecule has 4 rings (SSSR count). The van der Waals surface area contributed by atoms with E-state index in [0.717, 1.165) is 5.56 Å². The number of nitrogens with zero attached hydrogens (tertiary/aromatic N) is 2. The lowest BCUT2D eigenvalue weighted by atomic mass is 10.0. The minimum absolute atomic E-state index is 0.0967. The number of ether oxygens (including phenoxy) is 1. The molecular formula is C29H26FN3O3. The topological polar surface area (TPSA) is 71.5 Å². The Morgan fingerprint density at radius 3 is 2.14 bits per heavy atom. The lowest BCUT2D eigenvalue weighted by Gasteiger charge is -2.31. The number of pyridine rings is 1. The maximum absolute atomic E-state index is 13.6. The number of hydrogen-bond acceptors (Lipinski definition) is 4. The van der Waals surface area contributed by atoms with E-state index in [-0.39, 0.29) is 37.3 Å². The number of carbonyl (C=O) groups excluding carboxylic acids is 2. The van der Waals surface area contributed by atoms with Crippen LogP contribution in [0.2, 0.25) is 0 Å². The molecule has 0 bridgehead atoms. The first-order valence-corrected chi connectivity index (χ1v) is 11.5. The number of benzene rings is 3. The van der Waals surface area contributed by atoms with Crippen LogP contribution in [-0.4, -0.2) is 28.3 Å². The van der Waals surface area contributed by atoms with E-state index in [1.54, 1.807) is 48.8 Å². The molecule has 0 radical (unpaired) electrons. The summed E-state index contributed by atoms with van der Waals surface area (Å²) in [5, 5.41) is 2.94. The minimum atomic E-state index is -0.926. The highest BCUT2D eigenvalue weighted by Crippen LogP contribution is 2.25. The fraction of sp³-hybridized carbons (Fsp3) is 0.138. The van der Waals surface area contributed by atoms with Gasteiger partial charge in [-0.15, -0.1) is 0 Å². The molecule has 0 aliphatic heterocycles. The normalized spacial score (nSPS) is 11.4. The standard InChI is InChI=1S/C29H26FN3O3/c30-25-13-11-23(12-14-25)20-33(27(34)21-36-26-9-5-2-6-10-26)28(24-7-3-1-4-8-24)29(35)32-19-22-15-17-31-18-16-22/h1-18,28H,19-21H2,(H,32,35). The Morgan fingerprint density at radius 1 is 0.833 bits per heavy atom. The Hall–Kier alpha value is -4.52. The van der Waals surface area contributed by atoms with Crippen LogP contribution in [-0.2, 0) is 22.7 Å². The quantitative estimate of drug-likeness (QED) is 0.355. The van der Waals surface area contributed by atoms with E-state index in [2.05, 4.69) is 10.3 Å². The van der Waals surface area contributed by atoms with Gasteiger partial charge < -0.3 is 15.0 Å². The van der Waals surface area contributed by atoms with Gasteiger partial charge in [0.25, 0.3) is 5.91 Å². The van der Waals surface area contributed by atoms with E-state index in [1.165, 1.54) is 17.0 Å². The SMILES string of the molecule is O=C(NCc1ccncc1)C(c1ccccc1)N(Cc1ccc(F)cc1)C(=O)COc1ccccc1. The van der Waals surface area contributed by atoms with E-state index in [9.17, 15) is 14.0 Å². The van der Waals surface area contributed by atoms with Gasteiger partial charge in [0, 0.05) is 25.5 Å². The molecule has 2 amide bonds. The van der Waals surface area contributed by atoms with Gasteiger partial charge in [-0.1, -0.05) is 60.7 Å². The second kappa shape index (κ2) is 12.3. The van der Waals surface area contributed by atoms with Gasteiger partial charge in [-0.05, 0) is 53.1 Å².